The number of benzene rings is 2. The Morgan fingerprint density at radius 2 is 1.64 bits per heavy atom. The Morgan fingerprint density at radius 3 is 2.29 bits per heavy atom. The highest BCUT2D eigenvalue weighted by atomic mass is 16.5. The van der Waals surface area contributed by atoms with Crippen molar-refractivity contribution in [1.82, 2.24) is 0 Å². The fourth-order valence-electron chi connectivity index (χ4n) is 4.80. The predicted octanol–water partition coefficient (Wildman–Crippen LogP) is 4.30. The fourth-order valence-corrected chi connectivity index (χ4v) is 4.80. The van der Waals surface area contributed by atoms with Crippen molar-refractivity contribution in [2.75, 3.05) is 0 Å². The third-order valence-corrected chi connectivity index (χ3v) is 6.03. The molecule has 0 amide bonds. The van der Waals surface area contributed by atoms with E-state index in [9.17, 15) is 9.90 Å². The monoisotopic (exact) mass is 374 g/mol. The second-order valence-corrected chi connectivity index (χ2v) is 7.83. The third-order valence-electron chi connectivity index (χ3n) is 6.03. The summed E-state index contributed by atoms with van der Waals surface area (Å²) in [5.41, 5.74) is 4.24. The first-order valence-electron chi connectivity index (χ1n) is 9.64. The SMILES string of the molecule is Cc1cc(OCc2ccccc2)cc(C)c1C1=C(O)[C@H]2[C@@H](C1=O)[C@@H]1C=C[C@H]2O1. The first kappa shape index (κ1) is 17.3. The summed E-state index contributed by atoms with van der Waals surface area (Å²) in [7, 11) is 0. The maximum atomic E-state index is 13.1. The molecule has 0 saturated carbocycles. The lowest BCUT2D eigenvalue weighted by atomic mass is 9.84. The van der Waals surface area contributed by atoms with Gasteiger partial charge in [0.25, 0.3) is 0 Å². The minimum atomic E-state index is -0.294. The van der Waals surface area contributed by atoms with Crippen molar-refractivity contribution in [3.8, 4) is 5.75 Å². The van der Waals surface area contributed by atoms with E-state index in [1.54, 1.807) is 0 Å². The second-order valence-electron chi connectivity index (χ2n) is 7.83. The molecule has 2 bridgehead atoms. The van der Waals surface area contributed by atoms with Gasteiger partial charge in [0, 0.05) is 0 Å². The van der Waals surface area contributed by atoms with Gasteiger partial charge in [0.1, 0.15) is 18.1 Å². The van der Waals surface area contributed by atoms with Gasteiger partial charge in [0.15, 0.2) is 5.78 Å². The van der Waals surface area contributed by atoms with Gasteiger partial charge < -0.3 is 14.6 Å². The Morgan fingerprint density at radius 1 is 1.00 bits per heavy atom. The highest BCUT2D eigenvalue weighted by Crippen LogP contribution is 2.51. The molecule has 2 heterocycles. The second kappa shape index (κ2) is 6.35. The number of aliphatic hydroxyl groups is 1. The summed E-state index contributed by atoms with van der Waals surface area (Å²) in [6, 6.07) is 13.9. The van der Waals surface area contributed by atoms with Crippen LogP contribution in [-0.2, 0) is 16.1 Å². The van der Waals surface area contributed by atoms with Crippen molar-refractivity contribution in [3.63, 3.8) is 0 Å². The number of ether oxygens (including phenoxy) is 2. The number of fused-ring (bicyclic) bond motifs is 5. The van der Waals surface area contributed by atoms with Crippen LogP contribution in [0, 0.1) is 25.7 Å². The van der Waals surface area contributed by atoms with Crippen LogP contribution in [0.15, 0.2) is 60.4 Å². The standard InChI is InChI=1S/C24H22O4/c1-13-10-16(27-12-15-6-4-3-5-7-15)11-14(2)19(13)22-23(25)20-17-8-9-18(28-17)21(20)24(22)26/h3-11,17-18,20-21,25H,12H2,1-2H3/t17-,18+,20-,21+/m1/s1. The quantitative estimate of drug-likeness (QED) is 0.811. The zero-order valence-corrected chi connectivity index (χ0v) is 15.9. The molecule has 0 radical (unpaired) electrons. The number of allylic oxidation sites excluding steroid dienone is 1. The lowest BCUT2D eigenvalue weighted by Gasteiger charge is -2.16. The molecule has 3 aliphatic rings. The maximum absolute atomic E-state index is 13.1. The zero-order chi connectivity index (χ0) is 19.4. The smallest absolute Gasteiger partial charge is 0.173 e. The minimum absolute atomic E-state index is 0.0106. The molecule has 1 saturated heterocycles. The van der Waals surface area contributed by atoms with E-state index in [2.05, 4.69) is 0 Å². The zero-order valence-electron chi connectivity index (χ0n) is 15.9. The third kappa shape index (κ3) is 2.52. The molecule has 2 aromatic carbocycles. The summed E-state index contributed by atoms with van der Waals surface area (Å²) in [6.07, 6.45) is 3.50. The van der Waals surface area contributed by atoms with Crippen LogP contribution in [-0.4, -0.2) is 23.1 Å². The number of aliphatic hydroxyl groups excluding tert-OH is 1. The van der Waals surface area contributed by atoms with Gasteiger partial charge in [0.05, 0.1) is 29.6 Å². The molecule has 0 spiro atoms. The number of carbonyl (C=O) groups is 1. The lowest BCUT2D eigenvalue weighted by Crippen LogP contribution is -2.26. The normalized spacial score (nSPS) is 27.6. The van der Waals surface area contributed by atoms with Crippen LogP contribution in [0.3, 0.4) is 0 Å². The summed E-state index contributed by atoms with van der Waals surface area (Å²) >= 11 is 0. The molecule has 0 aromatic heterocycles. The number of hydrogen-bond acceptors (Lipinski definition) is 4. The maximum Gasteiger partial charge on any atom is 0.173 e. The number of ketones is 1. The van der Waals surface area contributed by atoms with Crippen LogP contribution in [0.4, 0.5) is 0 Å². The van der Waals surface area contributed by atoms with Gasteiger partial charge in [-0.15, -0.1) is 0 Å². The van der Waals surface area contributed by atoms with Crippen molar-refractivity contribution in [3.05, 3.63) is 82.6 Å². The average Bonchev–Trinajstić information content (AvgIpc) is 3.36. The number of carbonyl (C=O) groups excluding carboxylic acids is 1. The van der Waals surface area contributed by atoms with Crippen molar-refractivity contribution >= 4 is 11.4 Å². The van der Waals surface area contributed by atoms with E-state index in [0.29, 0.717) is 12.2 Å². The first-order chi connectivity index (χ1) is 13.5. The minimum Gasteiger partial charge on any atom is -0.511 e. The summed E-state index contributed by atoms with van der Waals surface area (Å²) in [5, 5.41) is 10.9. The van der Waals surface area contributed by atoms with E-state index in [-0.39, 0.29) is 35.6 Å². The lowest BCUT2D eigenvalue weighted by molar-refractivity contribution is -0.118. The first-order valence-corrected chi connectivity index (χ1v) is 9.64. The van der Waals surface area contributed by atoms with Crippen LogP contribution >= 0.6 is 0 Å². The van der Waals surface area contributed by atoms with Crippen LogP contribution in [0.1, 0.15) is 22.3 Å². The van der Waals surface area contributed by atoms with Gasteiger partial charge in [-0.1, -0.05) is 42.5 Å². The van der Waals surface area contributed by atoms with Gasteiger partial charge in [-0.05, 0) is 48.2 Å². The van der Waals surface area contributed by atoms with Crippen molar-refractivity contribution in [2.24, 2.45) is 11.8 Å². The Hall–Kier alpha value is -2.85. The Bertz CT molecular complexity index is 995. The Labute approximate surface area is 164 Å². The van der Waals surface area contributed by atoms with Crippen molar-refractivity contribution < 1.29 is 19.4 Å². The van der Waals surface area contributed by atoms with Gasteiger partial charge >= 0.3 is 0 Å². The van der Waals surface area contributed by atoms with E-state index < -0.39 is 0 Å². The van der Waals surface area contributed by atoms with Crippen molar-refractivity contribution in [1.29, 1.82) is 0 Å². The van der Waals surface area contributed by atoms with Gasteiger partial charge in [-0.2, -0.15) is 0 Å². The van der Waals surface area contributed by atoms with E-state index in [4.69, 9.17) is 9.47 Å². The molecule has 1 aliphatic carbocycles. The van der Waals surface area contributed by atoms with Crippen molar-refractivity contribution in [2.45, 2.75) is 32.7 Å². The molecule has 2 aromatic rings. The van der Waals surface area contributed by atoms with Gasteiger partial charge in [-0.25, -0.2) is 0 Å². The van der Waals surface area contributed by atoms with E-state index in [1.165, 1.54) is 0 Å². The topological polar surface area (TPSA) is 55.8 Å². The fraction of sp³-hybridized carbons (Fsp3) is 0.292. The molecule has 1 fully saturated rings. The summed E-state index contributed by atoms with van der Waals surface area (Å²) in [4.78, 5) is 13.1. The Kier molecular flexibility index (Phi) is 3.91. The Balaban J connectivity index is 1.46. The van der Waals surface area contributed by atoms with Gasteiger partial charge in [0.2, 0.25) is 0 Å². The number of rotatable bonds is 4. The molecule has 1 N–H and O–H groups in total. The van der Waals surface area contributed by atoms with E-state index in [0.717, 1.165) is 28.0 Å². The average molecular weight is 374 g/mol. The van der Waals surface area contributed by atoms with Crippen LogP contribution in [0.2, 0.25) is 0 Å². The molecule has 2 aliphatic heterocycles. The predicted molar refractivity (Wildman–Crippen MR) is 106 cm³/mol. The van der Waals surface area contributed by atoms with Crippen LogP contribution < -0.4 is 4.74 Å². The van der Waals surface area contributed by atoms with Crippen LogP contribution in [0.25, 0.3) is 5.57 Å². The van der Waals surface area contributed by atoms with E-state index in [1.807, 2.05) is 68.5 Å². The number of Topliss-reactive ketones (excluding diaryl/α,β-unsaturated/α-hetero) is 1. The van der Waals surface area contributed by atoms with Crippen LogP contribution in [0.5, 0.6) is 5.75 Å². The highest BCUT2D eigenvalue weighted by Gasteiger charge is 2.57. The molecule has 5 rings (SSSR count). The highest BCUT2D eigenvalue weighted by molar-refractivity contribution is 6.26. The van der Waals surface area contributed by atoms with E-state index >= 15 is 0 Å². The summed E-state index contributed by atoms with van der Waals surface area (Å²) in [6.45, 7) is 4.41. The molecule has 0 unspecified atom stereocenters. The molecular formula is C24H22O4. The molecule has 142 valence electrons. The summed E-state index contributed by atoms with van der Waals surface area (Å²) in [5.74, 6) is 0.390. The molecular weight excluding hydrogens is 352 g/mol. The summed E-state index contributed by atoms with van der Waals surface area (Å²) < 4.78 is 11.7. The number of aryl methyl sites for hydroxylation is 2. The van der Waals surface area contributed by atoms with Gasteiger partial charge in [-0.3, -0.25) is 4.79 Å². The number of hydrogen-bond donors (Lipinski definition) is 1. The molecule has 28 heavy (non-hydrogen) atoms. The molecule has 4 atom stereocenters. The largest absolute Gasteiger partial charge is 0.511 e. The molecule has 4 heteroatoms. The molecule has 4 nitrogen and oxygen atoms in total.